The highest BCUT2D eigenvalue weighted by Gasteiger charge is 2.30. The first-order valence-electron chi connectivity index (χ1n) is 7.83. The quantitative estimate of drug-likeness (QED) is 0.744. The number of para-hydroxylation sites is 1. The first kappa shape index (κ1) is 16.6. The Morgan fingerprint density at radius 2 is 2.25 bits per heavy atom. The van der Waals surface area contributed by atoms with Crippen LogP contribution in [-0.4, -0.2) is 33.0 Å². The molecule has 0 radical (unpaired) electrons. The van der Waals surface area contributed by atoms with E-state index in [-0.39, 0.29) is 22.9 Å². The van der Waals surface area contributed by atoms with Gasteiger partial charge in [-0.05, 0) is 25.8 Å². The van der Waals surface area contributed by atoms with Crippen molar-refractivity contribution in [3.63, 3.8) is 0 Å². The number of rotatable bonds is 7. The molecule has 7 nitrogen and oxygen atoms in total. The Labute approximate surface area is 143 Å². The molecule has 2 aromatic rings. The Morgan fingerprint density at radius 3 is 2.96 bits per heavy atom. The summed E-state index contributed by atoms with van der Waals surface area (Å²) in [4.78, 5) is 24.1. The molecule has 1 aromatic heterocycles. The number of benzene rings is 1. The SMILES string of the molecule is COc1ccccc1CNC(=O)C(C)Sc1n[nH]c(=O)n1C1CC1. The average Bonchev–Trinajstić information content (AvgIpc) is 3.36. The van der Waals surface area contributed by atoms with E-state index < -0.39 is 0 Å². The van der Waals surface area contributed by atoms with E-state index in [1.807, 2.05) is 24.3 Å². The summed E-state index contributed by atoms with van der Waals surface area (Å²) in [5, 5.41) is 9.61. The Kier molecular flexibility index (Phi) is 4.94. The lowest BCUT2D eigenvalue weighted by atomic mass is 10.2. The molecule has 0 saturated heterocycles. The number of nitrogens with one attached hydrogen (secondary N) is 2. The summed E-state index contributed by atoms with van der Waals surface area (Å²) in [6, 6.07) is 7.78. The van der Waals surface area contributed by atoms with Crippen LogP contribution in [0.25, 0.3) is 0 Å². The van der Waals surface area contributed by atoms with Crippen LogP contribution in [0.5, 0.6) is 5.75 Å². The average molecular weight is 348 g/mol. The minimum absolute atomic E-state index is 0.108. The second-order valence-corrected chi connectivity index (χ2v) is 7.01. The molecule has 0 bridgehead atoms. The summed E-state index contributed by atoms with van der Waals surface area (Å²) >= 11 is 1.29. The third-order valence-electron chi connectivity index (χ3n) is 3.88. The molecule has 1 aliphatic carbocycles. The van der Waals surface area contributed by atoms with Crippen LogP contribution in [-0.2, 0) is 11.3 Å². The molecule has 24 heavy (non-hydrogen) atoms. The maximum Gasteiger partial charge on any atom is 0.344 e. The predicted molar refractivity (Wildman–Crippen MR) is 91.3 cm³/mol. The molecule has 1 atom stereocenters. The van der Waals surface area contributed by atoms with Gasteiger partial charge >= 0.3 is 5.69 Å². The van der Waals surface area contributed by atoms with Gasteiger partial charge in [-0.25, -0.2) is 9.89 Å². The summed E-state index contributed by atoms with van der Waals surface area (Å²) < 4.78 is 6.92. The van der Waals surface area contributed by atoms with Crippen LogP contribution in [0.2, 0.25) is 0 Å². The number of hydrogen-bond acceptors (Lipinski definition) is 5. The second kappa shape index (κ2) is 7.12. The lowest BCUT2D eigenvalue weighted by molar-refractivity contribution is -0.120. The number of aromatic amines is 1. The summed E-state index contributed by atoms with van der Waals surface area (Å²) in [7, 11) is 1.61. The Hall–Kier alpha value is -2.22. The van der Waals surface area contributed by atoms with Crippen LogP contribution >= 0.6 is 11.8 Å². The van der Waals surface area contributed by atoms with Gasteiger partial charge in [0.25, 0.3) is 0 Å². The lowest BCUT2D eigenvalue weighted by Crippen LogP contribution is -2.31. The van der Waals surface area contributed by atoms with E-state index in [2.05, 4.69) is 15.5 Å². The van der Waals surface area contributed by atoms with E-state index in [4.69, 9.17) is 4.74 Å². The summed E-state index contributed by atoms with van der Waals surface area (Å²) in [6.45, 7) is 2.20. The molecule has 1 amide bonds. The van der Waals surface area contributed by atoms with Crippen LogP contribution < -0.4 is 15.7 Å². The Bertz CT molecular complexity index is 782. The van der Waals surface area contributed by atoms with E-state index in [1.165, 1.54) is 11.8 Å². The summed E-state index contributed by atoms with van der Waals surface area (Å²) in [5.41, 5.74) is 0.710. The number of H-pyrrole nitrogens is 1. The maximum atomic E-state index is 12.3. The van der Waals surface area contributed by atoms with Gasteiger partial charge in [0.1, 0.15) is 5.75 Å². The zero-order valence-electron chi connectivity index (χ0n) is 13.6. The molecule has 1 fully saturated rings. The van der Waals surface area contributed by atoms with Crippen molar-refractivity contribution in [1.82, 2.24) is 20.1 Å². The number of hydrogen-bond donors (Lipinski definition) is 2. The van der Waals surface area contributed by atoms with E-state index in [0.717, 1.165) is 24.2 Å². The molecule has 1 saturated carbocycles. The van der Waals surface area contributed by atoms with Crippen molar-refractivity contribution in [2.45, 2.75) is 42.8 Å². The molecule has 1 aliphatic rings. The fourth-order valence-corrected chi connectivity index (χ4v) is 3.37. The number of aromatic nitrogens is 3. The van der Waals surface area contributed by atoms with Gasteiger partial charge in [-0.15, -0.1) is 5.10 Å². The van der Waals surface area contributed by atoms with Gasteiger partial charge in [-0.2, -0.15) is 0 Å². The Morgan fingerprint density at radius 1 is 1.50 bits per heavy atom. The monoisotopic (exact) mass is 348 g/mol. The van der Waals surface area contributed by atoms with Crippen molar-refractivity contribution in [2.24, 2.45) is 0 Å². The van der Waals surface area contributed by atoms with Crippen LogP contribution in [0.3, 0.4) is 0 Å². The molecule has 3 rings (SSSR count). The van der Waals surface area contributed by atoms with Crippen molar-refractivity contribution >= 4 is 17.7 Å². The van der Waals surface area contributed by atoms with E-state index in [1.54, 1.807) is 18.6 Å². The minimum atomic E-state index is -0.354. The molecule has 1 aromatic carbocycles. The van der Waals surface area contributed by atoms with E-state index in [9.17, 15) is 9.59 Å². The number of methoxy groups -OCH3 is 1. The van der Waals surface area contributed by atoms with E-state index in [0.29, 0.717) is 11.7 Å². The van der Waals surface area contributed by atoms with Crippen molar-refractivity contribution in [3.05, 3.63) is 40.3 Å². The van der Waals surface area contributed by atoms with Crippen molar-refractivity contribution < 1.29 is 9.53 Å². The van der Waals surface area contributed by atoms with Crippen LogP contribution in [0.1, 0.15) is 31.4 Å². The smallest absolute Gasteiger partial charge is 0.344 e. The number of carbonyl (C=O) groups is 1. The first-order chi connectivity index (χ1) is 11.6. The molecule has 1 heterocycles. The standard InChI is InChI=1S/C16H20N4O3S/c1-10(24-16-19-18-15(22)20(16)12-7-8-12)14(21)17-9-11-5-3-4-6-13(11)23-2/h3-6,10,12H,7-9H2,1-2H3,(H,17,21)(H,18,22). The third kappa shape index (κ3) is 3.64. The molecule has 1 unspecified atom stereocenters. The van der Waals surface area contributed by atoms with Gasteiger partial charge < -0.3 is 10.1 Å². The zero-order valence-corrected chi connectivity index (χ0v) is 14.4. The highest BCUT2D eigenvalue weighted by Crippen LogP contribution is 2.36. The van der Waals surface area contributed by atoms with Gasteiger partial charge in [0.15, 0.2) is 5.16 Å². The minimum Gasteiger partial charge on any atom is -0.496 e. The molecular formula is C16H20N4O3S. The number of nitrogens with zero attached hydrogens (tertiary/aromatic N) is 2. The van der Waals surface area contributed by atoms with Crippen molar-refractivity contribution in [3.8, 4) is 5.75 Å². The number of thioether (sulfide) groups is 1. The zero-order chi connectivity index (χ0) is 17.1. The summed E-state index contributed by atoms with van der Waals surface area (Å²) in [5.74, 6) is 0.636. The van der Waals surface area contributed by atoms with Gasteiger partial charge in [0.2, 0.25) is 5.91 Å². The Balaban J connectivity index is 1.60. The van der Waals surface area contributed by atoms with Crippen LogP contribution in [0.15, 0.2) is 34.2 Å². The topological polar surface area (TPSA) is 89.0 Å². The molecule has 2 N–H and O–H groups in total. The maximum absolute atomic E-state index is 12.3. The largest absolute Gasteiger partial charge is 0.496 e. The molecule has 128 valence electrons. The van der Waals surface area contributed by atoms with Gasteiger partial charge in [0, 0.05) is 18.2 Å². The number of carbonyl (C=O) groups excluding carboxylic acids is 1. The third-order valence-corrected chi connectivity index (χ3v) is 4.95. The lowest BCUT2D eigenvalue weighted by Gasteiger charge is -2.13. The highest BCUT2D eigenvalue weighted by atomic mass is 32.2. The first-order valence-corrected chi connectivity index (χ1v) is 8.71. The van der Waals surface area contributed by atoms with Crippen LogP contribution in [0, 0.1) is 0 Å². The van der Waals surface area contributed by atoms with Crippen molar-refractivity contribution in [1.29, 1.82) is 0 Å². The highest BCUT2D eigenvalue weighted by molar-refractivity contribution is 8.00. The van der Waals surface area contributed by atoms with Gasteiger partial charge in [0.05, 0.1) is 12.4 Å². The number of ether oxygens (including phenoxy) is 1. The van der Waals surface area contributed by atoms with Gasteiger partial charge in [-0.1, -0.05) is 30.0 Å². The molecule has 8 heteroatoms. The molecule has 0 aliphatic heterocycles. The second-order valence-electron chi connectivity index (χ2n) is 5.70. The normalized spacial score (nSPS) is 15.1. The number of amides is 1. The fraction of sp³-hybridized carbons (Fsp3) is 0.438. The fourth-order valence-electron chi connectivity index (χ4n) is 2.41. The van der Waals surface area contributed by atoms with E-state index >= 15 is 0 Å². The summed E-state index contributed by atoms with van der Waals surface area (Å²) in [6.07, 6.45) is 1.97. The predicted octanol–water partition coefficient (Wildman–Crippen LogP) is 1.71. The molecular weight excluding hydrogens is 328 g/mol. The van der Waals surface area contributed by atoms with Crippen LogP contribution in [0.4, 0.5) is 0 Å². The molecule has 0 spiro atoms. The van der Waals surface area contributed by atoms with Gasteiger partial charge in [-0.3, -0.25) is 9.36 Å². The van der Waals surface area contributed by atoms with Crippen molar-refractivity contribution in [2.75, 3.05) is 7.11 Å².